The number of thioether (sulfide) groups is 1. The molecule has 0 spiro atoms. The lowest BCUT2D eigenvalue weighted by Gasteiger charge is -2.26. The van der Waals surface area contributed by atoms with E-state index in [2.05, 4.69) is 74.1 Å². The topological polar surface area (TPSA) is 3.24 Å². The molecular formula is C20H27NS. The van der Waals surface area contributed by atoms with Crippen molar-refractivity contribution in [2.75, 3.05) is 19.3 Å². The van der Waals surface area contributed by atoms with Gasteiger partial charge in [0.15, 0.2) is 0 Å². The van der Waals surface area contributed by atoms with Gasteiger partial charge in [0.05, 0.1) is 5.03 Å². The Bertz CT molecular complexity index is 554. The lowest BCUT2D eigenvalue weighted by atomic mass is 10.0. The second-order valence-electron chi connectivity index (χ2n) is 6.15. The van der Waals surface area contributed by atoms with Crippen molar-refractivity contribution in [1.82, 2.24) is 4.90 Å². The molecule has 0 bridgehead atoms. The van der Waals surface area contributed by atoms with E-state index in [9.17, 15) is 0 Å². The summed E-state index contributed by atoms with van der Waals surface area (Å²) in [5.41, 5.74) is 3.82. The molecule has 1 aliphatic heterocycles. The Morgan fingerprint density at radius 2 is 2.09 bits per heavy atom. The Kier molecular flexibility index (Phi) is 6.38. The minimum absolute atomic E-state index is 0.614. The molecule has 118 valence electrons. The van der Waals surface area contributed by atoms with Gasteiger partial charge in [-0.1, -0.05) is 55.5 Å². The van der Waals surface area contributed by atoms with E-state index < -0.39 is 0 Å². The van der Waals surface area contributed by atoms with E-state index in [1.165, 1.54) is 21.7 Å². The zero-order chi connectivity index (χ0) is 15.9. The third-order valence-corrected chi connectivity index (χ3v) is 4.73. The molecule has 1 atom stereocenters. The summed E-state index contributed by atoms with van der Waals surface area (Å²) in [5.74, 6) is 0.614. The summed E-state index contributed by atoms with van der Waals surface area (Å²) in [5, 5.41) is 1.34. The zero-order valence-corrected chi connectivity index (χ0v) is 14.8. The van der Waals surface area contributed by atoms with E-state index in [4.69, 9.17) is 0 Å². The summed E-state index contributed by atoms with van der Waals surface area (Å²) < 4.78 is 0. The van der Waals surface area contributed by atoms with Gasteiger partial charge in [-0.05, 0) is 49.2 Å². The molecule has 0 radical (unpaired) electrons. The van der Waals surface area contributed by atoms with E-state index in [0.717, 1.165) is 25.9 Å². The van der Waals surface area contributed by atoms with Gasteiger partial charge in [-0.25, -0.2) is 0 Å². The zero-order valence-electron chi connectivity index (χ0n) is 14.0. The van der Waals surface area contributed by atoms with Crippen LogP contribution in [0.25, 0.3) is 0 Å². The molecule has 0 saturated carbocycles. The van der Waals surface area contributed by atoms with Gasteiger partial charge in [0, 0.05) is 13.1 Å². The molecule has 1 nitrogen and oxygen atoms in total. The fourth-order valence-corrected chi connectivity index (χ4v) is 3.44. The summed E-state index contributed by atoms with van der Waals surface area (Å²) in [6, 6.07) is 8.74. The van der Waals surface area contributed by atoms with Gasteiger partial charge in [-0.2, -0.15) is 0 Å². The minimum Gasteiger partial charge on any atom is -0.365 e. The van der Waals surface area contributed by atoms with Crippen LogP contribution >= 0.6 is 11.8 Å². The Labute approximate surface area is 139 Å². The van der Waals surface area contributed by atoms with Gasteiger partial charge < -0.3 is 4.90 Å². The molecule has 22 heavy (non-hydrogen) atoms. The highest BCUT2D eigenvalue weighted by molar-refractivity contribution is 8.02. The first kappa shape index (κ1) is 17.0. The third-order valence-electron chi connectivity index (χ3n) is 3.94. The van der Waals surface area contributed by atoms with Crippen molar-refractivity contribution in [3.8, 4) is 0 Å². The Morgan fingerprint density at radius 1 is 1.36 bits per heavy atom. The maximum atomic E-state index is 4.27. The molecule has 1 heterocycles. The van der Waals surface area contributed by atoms with Crippen LogP contribution < -0.4 is 0 Å². The quantitative estimate of drug-likeness (QED) is 0.543. The van der Waals surface area contributed by atoms with Crippen LogP contribution in [0.5, 0.6) is 0 Å². The Morgan fingerprint density at radius 3 is 2.77 bits per heavy atom. The second-order valence-corrected chi connectivity index (χ2v) is 6.97. The predicted molar refractivity (Wildman–Crippen MR) is 100 cm³/mol. The van der Waals surface area contributed by atoms with Crippen molar-refractivity contribution < 1.29 is 0 Å². The molecule has 1 aromatic carbocycles. The summed E-state index contributed by atoms with van der Waals surface area (Å²) in [7, 11) is 0. The van der Waals surface area contributed by atoms with E-state index in [-0.39, 0.29) is 0 Å². The summed E-state index contributed by atoms with van der Waals surface area (Å²) >= 11 is 1.83. The van der Waals surface area contributed by atoms with Gasteiger partial charge >= 0.3 is 0 Å². The van der Waals surface area contributed by atoms with Crippen molar-refractivity contribution in [1.29, 1.82) is 0 Å². The second kappa shape index (κ2) is 8.28. The van der Waals surface area contributed by atoms with Crippen LogP contribution in [-0.4, -0.2) is 24.2 Å². The van der Waals surface area contributed by atoms with Gasteiger partial charge in [-0.15, -0.1) is 11.8 Å². The molecule has 0 fully saturated rings. The van der Waals surface area contributed by atoms with Gasteiger partial charge in [-0.3, -0.25) is 0 Å². The summed E-state index contributed by atoms with van der Waals surface area (Å²) in [6.07, 6.45) is 11.1. The van der Waals surface area contributed by atoms with Crippen LogP contribution in [-0.2, 0) is 6.42 Å². The fraction of sp³-hybridized carbons (Fsp3) is 0.400. The minimum atomic E-state index is 0.614. The molecule has 2 rings (SSSR count). The highest BCUT2D eigenvalue weighted by Gasteiger charge is 2.13. The van der Waals surface area contributed by atoms with E-state index in [1.807, 2.05) is 11.8 Å². The number of aryl methyl sites for hydroxylation is 1. The van der Waals surface area contributed by atoms with Crippen LogP contribution in [0, 0.1) is 12.8 Å². The van der Waals surface area contributed by atoms with Gasteiger partial charge in [0.1, 0.15) is 0 Å². The monoisotopic (exact) mass is 313 g/mol. The van der Waals surface area contributed by atoms with Crippen LogP contribution in [0.3, 0.4) is 0 Å². The normalized spacial score (nSPS) is 19.1. The number of allylic oxidation sites excluding steroid dienone is 2. The van der Waals surface area contributed by atoms with E-state index in [1.54, 1.807) is 0 Å². The van der Waals surface area contributed by atoms with Crippen LogP contribution in [0.2, 0.25) is 0 Å². The number of hydrogen-bond acceptors (Lipinski definition) is 2. The van der Waals surface area contributed by atoms with E-state index in [0.29, 0.717) is 5.92 Å². The average molecular weight is 314 g/mol. The lowest BCUT2D eigenvalue weighted by Crippen LogP contribution is -2.26. The van der Waals surface area contributed by atoms with Gasteiger partial charge in [0.2, 0.25) is 0 Å². The van der Waals surface area contributed by atoms with Crippen molar-refractivity contribution in [3.63, 3.8) is 0 Å². The highest BCUT2D eigenvalue weighted by atomic mass is 32.2. The third kappa shape index (κ3) is 5.10. The fourth-order valence-electron chi connectivity index (χ4n) is 2.73. The SMILES string of the molecule is C=C(/C=C(\SC)N1CCC=CC(C)C1)Cc1ccc(C)cc1. The smallest absolute Gasteiger partial charge is 0.0707 e. The predicted octanol–water partition coefficient (Wildman–Crippen LogP) is 5.20. The Hall–Kier alpha value is -1.41. The van der Waals surface area contributed by atoms with Crippen molar-refractivity contribution in [2.45, 2.75) is 26.7 Å². The molecule has 0 aliphatic carbocycles. The van der Waals surface area contributed by atoms with Crippen molar-refractivity contribution >= 4 is 11.8 Å². The average Bonchev–Trinajstić information content (AvgIpc) is 2.72. The van der Waals surface area contributed by atoms with Crippen LogP contribution in [0.15, 0.2) is 59.7 Å². The molecule has 0 saturated heterocycles. The van der Waals surface area contributed by atoms with Gasteiger partial charge in [0.25, 0.3) is 0 Å². The molecule has 0 N–H and O–H groups in total. The number of benzene rings is 1. The standard InChI is InChI=1S/C20H27NS/c1-16-8-10-19(11-9-16)13-18(3)14-20(22-4)21-12-6-5-7-17(2)15-21/h5,7-11,14,17H,3,6,12-13,15H2,1-2,4H3/b20-14-. The summed E-state index contributed by atoms with van der Waals surface area (Å²) in [6.45, 7) is 10.9. The first-order valence-corrected chi connectivity index (χ1v) is 9.21. The molecule has 2 heteroatoms. The molecule has 0 aromatic heterocycles. The maximum Gasteiger partial charge on any atom is 0.0707 e. The lowest BCUT2D eigenvalue weighted by molar-refractivity contribution is 0.352. The summed E-state index contributed by atoms with van der Waals surface area (Å²) in [4.78, 5) is 2.50. The van der Waals surface area contributed by atoms with Crippen molar-refractivity contribution in [3.05, 3.63) is 70.8 Å². The molecule has 1 unspecified atom stereocenters. The molecule has 1 aliphatic rings. The molecule has 1 aromatic rings. The molecule has 0 amide bonds. The van der Waals surface area contributed by atoms with E-state index >= 15 is 0 Å². The Balaban J connectivity index is 2.04. The maximum absolute atomic E-state index is 4.27. The molecular weight excluding hydrogens is 286 g/mol. The largest absolute Gasteiger partial charge is 0.365 e. The van der Waals surface area contributed by atoms with Crippen molar-refractivity contribution in [2.24, 2.45) is 5.92 Å². The number of hydrogen-bond donors (Lipinski definition) is 0. The van der Waals surface area contributed by atoms with Crippen LogP contribution in [0.1, 0.15) is 24.5 Å². The first-order chi connectivity index (χ1) is 10.6. The highest BCUT2D eigenvalue weighted by Crippen LogP contribution is 2.24. The van der Waals surface area contributed by atoms with Crippen LogP contribution in [0.4, 0.5) is 0 Å². The first-order valence-electron chi connectivity index (χ1n) is 7.99. The number of nitrogens with zero attached hydrogens (tertiary/aromatic N) is 1. The number of rotatable bonds is 5.